The van der Waals surface area contributed by atoms with Crippen molar-refractivity contribution in [3.05, 3.63) is 17.5 Å². The van der Waals surface area contributed by atoms with Crippen molar-refractivity contribution < 1.29 is 14.1 Å². The van der Waals surface area contributed by atoms with E-state index in [1.54, 1.807) is 13.2 Å². The van der Waals surface area contributed by atoms with Crippen LogP contribution >= 0.6 is 0 Å². The quantitative estimate of drug-likeness (QED) is 0.885. The molecule has 1 saturated carbocycles. The van der Waals surface area contributed by atoms with Gasteiger partial charge in [0.1, 0.15) is 6.61 Å². The van der Waals surface area contributed by atoms with E-state index in [1.165, 1.54) is 0 Å². The van der Waals surface area contributed by atoms with Gasteiger partial charge in [-0.2, -0.15) is 0 Å². The molecule has 1 amide bonds. The molecule has 0 saturated heterocycles. The molecule has 0 aromatic carbocycles. The Kier molecular flexibility index (Phi) is 5.14. The van der Waals surface area contributed by atoms with E-state index in [0.29, 0.717) is 24.6 Å². The Bertz CT molecular complexity index is 439. The van der Waals surface area contributed by atoms with Gasteiger partial charge in [0.15, 0.2) is 11.5 Å². The molecule has 0 bridgehead atoms. The lowest BCUT2D eigenvalue weighted by atomic mass is 9.90. The molecule has 1 aliphatic carbocycles. The van der Waals surface area contributed by atoms with Crippen molar-refractivity contribution in [2.75, 3.05) is 13.7 Å². The van der Waals surface area contributed by atoms with Crippen LogP contribution in [0.3, 0.4) is 0 Å². The molecule has 0 atom stereocenters. The molecule has 0 radical (unpaired) electrons. The first kappa shape index (κ1) is 15.0. The molecule has 6 nitrogen and oxygen atoms in total. The largest absolute Gasteiger partial charge is 0.377 e. The third kappa shape index (κ3) is 3.37. The van der Waals surface area contributed by atoms with E-state index in [0.717, 1.165) is 25.7 Å². The standard InChI is InChI=1S/C14H23N3O3/c1-3-17(11-6-4-10(15)5-7-11)14(18)13-8-12(9-19-2)20-16-13/h8,10-11H,3-7,9,15H2,1-2H3. The third-order valence-corrected chi connectivity index (χ3v) is 3.85. The minimum atomic E-state index is -0.0703. The molecule has 112 valence electrons. The van der Waals surface area contributed by atoms with E-state index in [9.17, 15) is 4.79 Å². The predicted octanol–water partition coefficient (Wildman–Crippen LogP) is 1.55. The Balaban J connectivity index is 2.04. The van der Waals surface area contributed by atoms with Gasteiger partial charge in [0.05, 0.1) is 0 Å². The molecule has 20 heavy (non-hydrogen) atoms. The van der Waals surface area contributed by atoms with Crippen LogP contribution in [-0.4, -0.2) is 41.7 Å². The molecule has 6 heteroatoms. The van der Waals surface area contributed by atoms with Crippen LogP contribution in [0.1, 0.15) is 48.9 Å². The normalized spacial score (nSPS) is 22.8. The average molecular weight is 281 g/mol. The Morgan fingerprint density at radius 3 is 2.80 bits per heavy atom. The molecule has 1 aromatic rings. The van der Waals surface area contributed by atoms with Crippen molar-refractivity contribution in [2.24, 2.45) is 5.73 Å². The first-order chi connectivity index (χ1) is 9.65. The van der Waals surface area contributed by atoms with E-state index < -0.39 is 0 Å². The van der Waals surface area contributed by atoms with Crippen LogP contribution in [0.15, 0.2) is 10.6 Å². The number of methoxy groups -OCH3 is 1. The Labute approximate surface area is 119 Å². The van der Waals surface area contributed by atoms with Gasteiger partial charge < -0.3 is 19.9 Å². The second kappa shape index (κ2) is 6.85. The molecule has 1 aliphatic rings. The summed E-state index contributed by atoms with van der Waals surface area (Å²) in [4.78, 5) is 14.4. The summed E-state index contributed by atoms with van der Waals surface area (Å²) in [6.45, 7) is 2.98. The van der Waals surface area contributed by atoms with Gasteiger partial charge in [-0.05, 0) is 32.6 Å². The number of nitrogens with zero attached hydrogens (tertiary/aromatic N) is 2. The number of carbonyl (C=O) groups is 1. The van der Waals surface area contributed by atoms with Crippen molar-refractivity contribution in [2.45, 2.75) is 51.3 Å². The van der Waals surface area contributed by atoms with Gasteiger partial charge in [-0.15, -0.1) is 0 Å². The van der Waals surface area contributed by atoms with E-state index in [1.807, 2.05) is 11.8 Å². The molecular weight excluding hydrogens is 258 g/mol. The molecule has 1 aromatic heterocycles. The average Bonchev–Trinajstić information content (AvgIpc) is 2.90. The second-order valence-corrected chi connectivity index (χ2v) is 5.27. The first-order valence-electron chi connectivity index (χ1n) is 7.16. The number of amides is 1. The molecule has 1 fully saturated rings. The van der Waals surface area contributed by atoms with Crippen molar-refractivity contribution in [1.82, 2.24) is 10.1 Å². The van der Waals surface area contributed by atoms with Gasteiger partial charge >= 0.3 is 0 Å². The maximum absolute atomic E-state index is 12.5. The molecule has 0 aliphatic heterocycles. The van der Waals surface area contributed by atoms with Crippen molar-refractivity contribution in [3.8, 4) is 0 Å². The highest BCUT2D eigenvalue weighted by atomic mass is 16.5. The van der Waals surface area contributed by atoms with Crippen LogP contribution in [0.25, 0.3) is 0 Å². The molecule has 2 rings (SSSR count). The fraction of sp³-hybridized carbons (Fsp3) is 0.714. The third-order valence-electron chi connectivity index (χ3n) is 3.85. The summed E-state index contributed by atoms with van der Waals surface area (Å²) in [6.07, 6.45) is 3.87. The van der Waals surface area contributed by atoms with Crippen molar-refractivity contribution in [3.63, 3.8) is 0 Å². The Morgan fingerprint density at radius 1 is 1.50 bits per heavy atom. The van der Waals surface area contributed by atoms with Gasteiger partial charge in [0.25, 0.3) is 5.91 Å². The Morgan fingerprint density at radius 2 is 2.20 bits per heavy atom. The number of carbonyl (C=O) groups excluding carboxylic acids is 1. The summed E-state index contributed by atoms with van der Waals surface area (Å²) in [6, 6.07) is 2.19. The first-order valence-corrected chi connectivity index (χ1v) is 7.16. The van der Waals surface area contributed by atoms with Crippen LogP contribution in [0.5, 0.6) is 0 Å². The van der Waals surface area contributed by atoms with Crippen LogP contribution in [0, 0.1) is 0 Å². The van der Waals surface area contributed by atoms with Gasteiger partial charge in [-0.3, -0.25) is 4.79 Å². The fourth-order valence-corrected chi connectivity index (χ4v) is 2.75. The predicted molar refractivity (Wildman–Crippen MR) is 74.2 cm³/mol. The van der Waals surface area contributed by atoms with Gasteiger partial charge in [-0.25, -0.2) is 0 Å². The number of rotatable bonds is 5. The monoisotopic (exact) mass is 281 g/mol. The number of nitrogens with two attached hydrogens (primary N) is 1. The van der Waals surface area contributed by atoms with E-state index in [2.05, 4.69) is 5.16 Å². The molecule has 0 spiro atoms. The lowest BCUT2D eigenvalue weighted by molar-refractivity contribution is 0.0629. The van der Waals surface area contributed by atoms with E-state index >= 15 is 0 Å². The molecular formula is C14H23N3O3. The SMILES string of the molecule is CCN(C(=O)c1cc(COC)on1)C1CCC(N)CC1. The Hall–Kier alpha value is -1.40. The summed E-state index contributed by atoms with van der Waals surface area (Å²) in [5.41, 5.74) is 6.27. The zero-order valence-corrected chi connectivity index (χ0v) is 12.2. The maximum atomic E-state index is 12.5. The number of hydrogen-bond donors (Lipinski definition) is 1. The minimum absolute atomic E-state index is 0.0703. The summed E-state index contributed by atoms with van der Waals surface area (Å²) in [7, 11) is 1.58. The van der Waals surface area contributed by atoms with Gasteiger partial charge in [-0.1, -0.05) is 5.16 Å². The summed E-state index contributed by atoms with van der Waals surface area (Å²) in [5.74, 6) is 0.497. The number of hydrogen-bond acceptors (Lipinski definition) is 5. The van der Waals surface area contributed by atoms with Crippen LogP contribution in [0.4, 0.5) is 0 Å². The van der Waals surface area contributed by atoms with E-state index in [4.69, 9.17) is 15.0 Å². The summed E-state index contributed by atoms with van der Waals surface area (Å²) < 4.78 is 10.0. The fourth-order valence-electron chi connectivity index (χ4n) is 2.75. The molecule has 0 unspecified atom stereocenters. The van der Waals surface area contributed by atoms with Gasteiger partial charge in [0.2, 0.25) is 0 Å². The van der Waals surface area contributed by atoms with Crippen LogP contribution < -0.4 is 5.73 Å². The van der Waals surface area contributed by atoms with E-state index in [-0.39, 0.29) is 18.0 Å². The highest BCUT2D eigenvalue weighted by Crippen LogP contribution is 2.23. The van der Waals surface area contributed by atoms with Crippen molar-refractivity contribution >= 4 is 5.91 Å². The summed E-state index contributed by atoms with van der Waals surface area (Å²) in [5, 5.41) is 3.84. The molecule has 1 heterocycles. The second-order valence-electron chi connectivity index (χ2n) is 5.27. The topological polar surface area (TPSA) is 81.6 Å². The zero-order valence-electron chi connectivity index (χ0n) is 12.2. The molecule has 2 N–H and O–H groups in total. The number of aromatic nitrogens is 1. The summed E-state index contributed by atoms with van der Waals surface area (Å²) >= 11 is 0. The lowest BCUT2D eigenvalue weighted by Crippen LogP contribution is -2.44. The maximum Gasteiger partial charge on any atom is 0.276 e. The van der Waals surface area contributed by atoms with Crippen LogP contribution in [0.2, 0.25) is 0 Å². The lowest BCUT2D eigenvalue weighted by Gasteiger charge is -2.35. The minimum Gasteiger partial charge on any atom is -0.377 e. The van der Waals surface area contributed by atoms with Crippen LogP contribution in [-0.2, 0) is 11.3 Å². The highest BCUT2D eigenvalue weighted by Gasteiger charge is 2.28. The number of ether oxygens (including phenoxy) is 1. The highest BCUT2D eigenvalue weighted by molar-refractivity contribution is 5.92. The van der Waals surface area contributed by atoms with Crippen molar-refractivity contribution in [1.29, 1.82) is 0 Å². The zero-order chi connectivity index (χ0) is 14.5. The van der Waals surface area contributed by atoms with Gasteiger partial charge in [0, 0.05) is 31.8 Å². The smallest absolute Gasteiger partial charge is 0.276 e.